The highest BCUT2D eigenvalue weighted by atomic mass is 79.9. The first-order valence-electron chi connectivity index (χ1n) is 14.3. The Kier molecular flexibility index (Phi) is 10.2. The second-order valence-electron chi connectivity index (χ2n) is 10.4. The van der Waals surface area contributed by atoms with Crippen molar-refractivity contribution in [1.29, 1.82) is 0 Å². The molecule has 0 radical (unpaired) electrons. The van der Waals surface area contributed by atoms with Crippen molar-refractivity contribution in [2.45, 2.75) is 46.4 Å². The van der Waals surface area contributed by atoms with E-state index < -0.39 is 12.0 Å². The molecule has 4 aromatic rings. The van der Waals surface area contributed by atoms with Crippen LogP contribution in [-0.4, -0.2) is 30.4 Å². The van der Waals surface area contributed by atoms with Crippen LogP contribution in [0, 0.1) is 0 Å². The number of carbonyl (C=O) groups excluding carboxylic acids is 1. The molecule has 8 nitrogen and oxygen atoms in total. The number of allylic oxidation sites excluding steroid dienone is 1. The minimum atomic E-state index is -0.803. The van der Waals surface area contributed by atoms with Gasteiger partial charge in [0.1, 0.15) is 12.4 Å². The molecule has 1 aromatic heterocycles. The van der Waals surface area contributed by atoms with Gasteiger partial charge in [0, 0.05) is 20.6 Å². The number of ether oxygens (including phenoxy) is 4. The molecule has 1 aliphatic heterocycles. The Balaban J connectivity index is 1.64. The Morgan fingerprint density at radius 3 is 2.58 bits per heavy atom. The fourth-order valence-electron chi connectivity index (χ4n) is 4.99. The first kappa shape index (κ1) is 32.5. The zero-order chi connectivity index (χ0) is 32.2. The van der Waals surface area contributed by atoms with Crippen LogP contribution in [0.3, 0.4) is 0 Å². The molecular formula is C34H32BrClN2O6S. The van der Waals surface area contributed by atoms with Crippen LogP contribution in [0.2, 0.25) is 5.02 Å². The second-order valence-corrected chi connectivity index (χ2v) is 12.8. The summed E-state index contributed by atoms with van der Waals surface area (Å²) in [6, 6.07) is 17.7. The summed E-state index contributed by atoms with van der Waals surface area (Å²) < 4.78 is 25.9. The smallest absolute Gasteiger partial charge is 0.338 e. The molecule has 0 spiro atoms. The van der Waals surface area contributed by atoms with Gasteiger partial charge in [-0.3, -0.25) is 9.36 Å². The van der Waals surface area contributed by atoms with Gasteiger partial charge in [0.2, 0.25) is 0 Å². The van der Waals surface area contributed by atoms with Gasteiger partial charge in [-0.1, -0.05) is 63.1 Å². The number of hydrogen-bond acceptors (Lipinski definition) is 8. The van der Waals surface area contributed by atoms with Crippen LogP contribution in [0.5, 0.6) is 17.2 Å². The lowest BCUT2D eigenvalue weighted by Gasteiger charge is -2.25. The van der Waals surface area contributed by atoms with E-state index >= 15 is 0 Å². The molecule has 45 heavy (non-hydrogen) atoms. The van der Waals surface area contributed by atoms with E-state index in [0.717, 1.165) is 10.0 Å². The molecular weight excluding hydrogens is 680 g/mol. The van der Waals surface area contributed by atoms with Crippen molar-refractivity contribution < 1.29 is 23.7 Å². The van der Waals surface area contributed by atoms with Crippen LogP contribution < -0.4 is 29.1 Å². The van der Waals surface area contributed by atoms with Crippen molar-refractivity contribution in [2.75, 3.05) is 13.7 Å². The van der Waals surface area contributed by atoms with Gasteiger partial charge in [-0.25, -0.2) is 9.79 Å². The number of carbonyl (C=O) groups is 1. The highest BCUT2D eigenvalue weighted by Gasteiger charge is 2.34. The minimum Gasteiger partial charge on any atom is -0.493 e. The number of methoxy groups -OCH3 is 1. The van der Waals surface area contributed by atoms with Crippen LogP contribution in [0.1, 0.15) is 50.4 Å². The van der Waals surface area contributed by atoms with E-state index in [-0.39, 0.29) is 30.5 Å². The number of thiazole rings is 1. The standard InChI is InChI=1S/C34H32BrClN2O6S/c1-6-42-33(40)30-20(4)37-34-38(31(30)21-11-13-27(44-19(2)3)28(16-21)41-5)32(39)29(45-34)17-23-15-24(35)12-14-26(23)43-18-22-9-7-8-10-25(22)36/h7-17,19,31H,6,18H2,1-5H3/b29-17-/t31-/m0/s1. The van der Waals surface area contributed by atoms with Crippen molar-refractivity contribution in [3.63, 3.8) is 0 Å². The molecule has 0 aliphatic carbocycles. The average Bonchev–Trinajstić information content (AvgIpc) is 3.30. The zero-order valence-corrected chi connectivity index (χ0v) is 28.6. The van der Waals surface area contributed by atoms with Crippen molar-refractivity contribution >= 4 is 50.9 Å². The third-order valence-electron chi connectivity index (χ3n) is 6.98. The molecule has 0 saturated carbocycles. The van der Waals surface area contributed by atoms with E-state index in [1.54, 1.807) is 39.2 Å². The lowest BCUT2D eigenvalue weighted by Crippen LogP contribution is -2.40. The monoisotopic (exact) mass is 710 g/mol. The molecule has 0 amide bonds. The van der Waals surface area contributed by atoms with Gasteiger partial charge in [-0.15, -0.1) is 0 Å². The highest BCUT2D eigenvalue weighted by Crippen LogP contribution is 2.36. The fraction of sp³-hybridized carbons (Fsp3) is 0.265. The van der Waals surface area contributed by atoms with E-state index in [4.69, 9.17) is 30.5 Å². The molecule has 0 bridgehead atoms. The molecule has 0 saturated heterocycles. The summed E-state index contributed by atoms with van der Waals surface area (Å²) in [7, 11) is 1.55. The van der Waals surface area contributed by atoms with Crippen molar-refractivity contribution in [3.8, 4) is 17.2 Å². The lowest BCUT2D eigenvalue weighted by atomic mass is 9.95. The number of aromatic nitrogens is 1. The van der Waals surface area contributed by atoms with Gasteiger partial charge in [0.25, 0.3) is 5.56 Å². The maximum absolute atomic E-state index is 14.2. The zero-order valence-electron chi connectivity index (χ0n) is 25.4. The molecule has 0 unspecified atom stereocenters. The summed E-state index contributed by atoms with van der Waals surface area (Å²) in [5, 5.41) is 0.609. The van der Waals surface area contributed by atoms with Crippen LogP contribution in [-0.2, 0) is 16.1 Å². The Hall–Kier alpha value is -3.86. The van der Waals surface area contributed by atoms with Gasteiger partial charge in [-0.2, -0.15) is 0 Å². The number of esters is 1. The molecule has 2 heterocycles. The van der Waals surface area contributed by atoms with E-state index in [0.29, 0.717) is 48.4 Å². The topological polar surface area (TPSA) is 88.4 Å². The number of benzene rings is 3. The van der Waals surface area contributed by atoms with Crippen LogP contribution in [0.4, 0.5) is 0 Å². The number of hydrogen-bond donors (Lipinski definition) is 0. The van der Waals surface area contributed by atoms with Crippen molar-refractivity contribution in [2.24, 2.45) is 4.99 Å². The normalized spacial score (nSPS) is 14.7. The summed E-state index contributed by atoms with van der Waals surface area (Å²) >= 11 is 11.1. The van der Waals surface area contributed by atoms with E-state index in [1.165, 1.54) is 15.9 Å². The number of halogens is 2. The third kappa shape index (κ3) is 7.03. The molecule has 3 aromatic carbocycles. The molecule has 0 N–H and O–H groups in total. The van der Waals surface area contributed by atoms with Crippen molar-refractivity contribution in [1.82, 2.24) is 4.57 Å². The Bertz CT molecular complexity index is 1970. The highest BCUT2D eigenvalue weighted by molar-refractivity contribution is 9.10. The summed E-state index contributed by atoms with van der Waals surface area (Å²) in [6.45, 7) is 7.77. The summed E-state index contributed by atoms with van der Waals surface area (Å²) in [5.74, 6) is 1.08. The molecule has 0 fully saturated rings. The lowest BCUT2D eigenvalue weighted by molar-refractivity contribution is -0.139. The predicted molar refractivity (Wildman–Crippen MR) is 179 cm³/mol. The van der Waals surface area contributed by atoms with Crippen LogP contribution >= 0.6 is 38.9 Å². The Morgan fingerprint density at radius 2 is 1.87 bits per heavy atom. The predicted octanol–water partition coefficient (Wildman–Crippen LogP) is 6.59. The van der Waals surface area contributed by atoms with Crippen molar-refractivity contribution in [3.05, 3.63) is 118 Å². The molecule has 1 atom stereocenters. The largest absolute Gasteiger partial charge is 0.493 e. The average molecular weight is 712 g/mol. The van der Waals surface area contributed by atoms with Gasteiger partial charge in [-0.05, 0) is 75.7 Å². The quantitative estimate of drug-likeness (QED) is 0.173. The molecule has 5 rings (SSSR count). The third-order valence-corrected chi connectivity index (χ3v) is 8.83. The van der Waals surface area contributed by atoms with Crippen LogP contribution in [0.15, 0.2) is 86.2 Å². The molecule has 1 aliphatic rings. The minimum absolute atomic E-state index is 0.0729. The Labute approximate surface area is 278 Å². The van der Waals surface area contributed by atoms with Gasteiger partial charge >= 0.3 is 5.97 Å². The molecule has 11 heteroatoms. The first-order valence-corrected chi connectivity index (χ1v) is 16.3. The van der Waals surface area contributed by atoms with E-state index in [9.17, 15) is 9.59 Å². The van der Waals surface area contributed by atoms with E-state index in [1.807, 2.05) is 62.4 Å². The molecule has 234 valence electrons. The maximum Gasteiger partial charge on any atom is 0.338 e. The second kappa shape index (κ2) is 14.1. The summed E-state index contributed by atoms with van der Waals surface area (Å²) in [4.78, 5) is 32.7. The van der Waals surface area contributed by atoms with Gasteiger partial charge in [0.05, 0.1) is 41.7 Å². The maximum atomic E-state index is 14.2. The van der Waals surface area contributed by atoms with E-state index in [2.05, 4.69) is 20.9 Å². The number of nitrogens with zero attached hydrogens (tertiary/aromatic N) is 2. The van der Waals surface area contributed by atoms with Gasteiger partial charge < -0.3 is 18.9 Å². The number of rotatable bonds is 10. The fourth-order valence-corrected chi connectivity index (χ4v) is 6.59. The summed E-state index contributed by atoms with van der Waals surface area (Å²) in [5.41, 5.74) is 2.63. The Morgan fingerprint density at radius 1 is 1.11 bits per heavy atom. The van der Waals surface area contributed by atoms with Gasteiger partial charge in [0.15, 0.2) is 16.3 Å². The first-order chi connectivity index (χ1) is 21.6. The SMILES string of the molecule is CCOC(=O)C1=C(C)N=c2s/c(=C\c3cc(Br)ccc3OCc3ccccc3Cl)c(=O)n2[C@H]1c1ccc(OC(C)C)c(OC)c1. The summed E-state index contributed by atoms with van der Waals surface area (Å²) in [6.07, 6.45) is 1.70. The van der Waals surface area contributed by atoms with Crippen LogP contribution in [0.25, 0.3) is 6.08 Å². The number of fused-ring (bicyclic) bond motifs is 1.